The van der Waals surface area contributed by atoms with Crippen LogP contribution in [0.5, 0.6) is 0 Å². The zero-order valence-corrected chi connectivity index (χ0v) is 8.51. The van der Waals surface area contributed by atoms with Gasteiger partial charge in [0, 0.05) is 12.4 Å². The zero-order valence-electron chi connectivity index (χ0n) is 7.69. The smallest absolute Gasteiger partial charge is 0.107 e. The van der Waals surface area contributed by atoms with E-state index >= 15 is 0 Å². The van der Waals surface area contributed by atoms with E-state index in [-0.39, 0.29) is 0 Å². The van der Waals surface area contributed by atoms with Crippen LogP contribution in [0.2, 0.25) is 0 Å². The Balaban J connectivity index is 3.07. The van der Waals surface area contributed by atoms with Crippen molar-refractivity contribution in [2.75, 3.05) is 0 Å². The fourth-order valence-electron chi connectivity index (χ4n) is 1.50. The normalized spacial score (nSPS) is 10.0. The number of benzene rings is 1. The highest BCUT2D eigenvalue weighted by Gasteiger charge is 2.02. The summed E-state index contributed by atoms with van der Waals surface area (Å²) in [4.78, 5) is 0. The summed E-state index contributed by atoms with van der Waals surface area (Å²) in [6.07, 6.45) is 0. The van der Waals surface area contributed by atoms with Crippen LogP contribution in [-0.4, -0.2) is 4.57 Å². The minimum atomic E-state index is 0.642. The highest BCUT2D eigenvalue weighted by molar-refractivity contribution is 7.71. The standard InChI is InChI=1S/C11H8N2S/c1-13-10-5-3-2-4-9(10)8(7-12)6-11(13)14/h2-6H,1H3. The van der Waals surface area contributed by atoms with Crippen LogP contribution in [0.3, 0.4) is 0 Å². The molecule has 2 rings (SSSR count). The first-order valence-electron chi connectivity index (χ1n) is 4.23. The summed E-state index contributed by atoms with van der Waals surface area (Å²) >= 11 is 5.15. The Morgan fingerprint density at radius 3 is 2.79 bits per heavy atom. The van der Waals surface area contributed by atoms with Gasteiger partial charge in [-0.05, 0) is 12.1 Å². The first-order valence-corrected chi connectivity index (χ1v) is 4.64. The van der Waals surface area contributed by atoms with E-state index in [0.29, 0.717) is 10.2 Å². The number of nitriles is 1. The van der Waals surface area contributed by atoms with Crippen LogP contribution in [0, 0.1) is 16.0 Å². The van der Waals surface area contributed by atoms with Crippen LogP contribution in [0.15, 0.2) is 30.3 Å². The maximum Gasteiger partial charge on any atom is 0.107 e. The number of rotatable bonds is 0. The average Bonchev–Trinajstić information content (AvgIpc) is 2.23. The zero-order chi connectivity index (χ0) is 10.1. The van der Waals surface area contributed by atoms with Crippen LogP contribution in [0.4, 0.5) is 0 Å². The van der Waals surface area contributed by atoms with Crippen molar-refractivity contribution in [1.82, 2.24) is 4.57 Å². The van der Waals surface area contributed by atoms with E-state index in [9.17, 15) is 0 Å². The Morgan fingerprint density at radius 1 is 1.36 bits per heavy atom. The quantitative estimate of drug-likeness (QED) is 0.612. The number of pyridine rings is 1. The highest BCUT2D eigenvalue weighted by Crippen LogP contribution is 2.17. The van der Waals surface area contributed by atoms with Gasteiger partial charge in [0.15, 0.2) is 0 Å². The molecule has 0 aliphatic rings. The number of fused-ring (bicyclic) bond motifs is 1. The Bertz CT molecular complexity index is 590. The van der Waals surface area contributed by atoms with E-state index in [1.54, 1.807) is 6.07 Å². The molecule has 1 aromatic heterocycles. The monoisotopic (exact) mass is 200 g/mol. The lowest BCUT2D eigenvalue weighted by Gasteiger charge is -2.06. The van der Waals surface area contributed by atoms with Gasteiger partial charge in [0.2, 0.25) is 0 Å². The molecule has 1 aromatic carbocycles. The summed E-state index contributed by atoms with van der Waals surface area (Å²) in [5.41, 5.74) is 1.64. The van der Waals surface area contributed by atoms with Crippen molar-refractivity contribution in [2.45, 2.75) is 0 Å². The molecule has 68 valence electrons. The van der Waals surface area contributed by atoms with E-state index < -0.39 is 0 Å². The molecule has 14 heavy (non-hydrogen) atoms. The summed E-state index contributed by atoms with van der Waals surface area (Å²) < 4.78 is 2.59. The Labute approximate surface area is 87.0 Å². The second-order valence-corrected chi connectivity index (χ2v) is 3.50. The van der Waals surface area contributed by atoms with Crippen LogP contribution in [0.1, 0.15) is 5.56 Å². The third kappa shape index (κ3) is 1.21. The number of hydrogen-bond donors (Lipinski definition) is 0. The van der Waals surface area contributed by atoms with Gasteiger partial charge in [0.25, 0.3) is 0 Å². The van der Waals surface area contributed by atoms with Crippen molar-refractivity contribution >= 4 is 23.1 Å². The molecular formula is C11H8N2S. The summed E-state index contributed by atoms with van der Waals surface area (Å²) in [7, 11) is 1.91. The van der Waals surface area contributed by atoms with Gasteiger partial charge in [-0.3, -0.25) is 0 Å². The molecule has 0 atom stereocenters. The van der Waals surface area contributed by atoms with Crippen molar-refractivity contribution in [3.8, 4) is 6.07 Å². The van der Waals surface area contributed by atoms with Gasteiger partial charge >= 0.3 is 0 Å². The maximum atomic E-state index is 8.95. The third-order valence-electron chi connectivity index (χ3n) is 2.27. The topological polar surface area (TPSA) is 28.7 Å². The molecule has 1 heterocycles. The van der Waals surface area contributed by atoms with Crippen LogP contribution < -0.4 is 0 Å². The molecular weight excluding hydrogens is 192 g/mol. The summed E-state index contributed by atoms with van der Waals surface area (Å²) in [5.74, 6) is 0. The minimum Gasteiger partial charge on any atom is -0.335 e. The first-order chi connectivity index (χ1) is 6.74. The van der Waals surface area contributed by atoms with Crippen molar-refractivity contribution in [1.29, 1.82) is 5.26 Å². The summed E-state index contributed by atoms with van der Waals surface area (Å²) in [6.45, 7) is 0. The maximum absolute atomic E-state index is 8.95. The van der Waals surface area contributed by atoms with Crippen molar-refractivity contribution in [3.63, 3.8) is 0 Å². The molecule has 2 aromatic rings. The number of nitrogens with zero attached hydrogens (tertiary/aromatic N) is 2. The predicted molar refractivity (Wildman–Crippen MR) is 58.5 cm³/mol. The first kappa shape index (κ1) is 8.92. The molecule has 0 aliphatic heterocycles. The summed E-state index contributed by atoms with van der Waals surface area (Å²) in [6, 6.07) is 11.7. The lowest BCUT2D eigenvalue weighted by molar-refractivity contribution is 0.934. The van der Waals surface area contributed by atoms with Gasteiger partial charge in [-0.2, -0.15) is 5.26 Å². The van der Waals surface area contributed by atoms with Crippen molar-refractivity contribution in [3.05, 3.63) is 40.5 Å². The molecule has 0 saturated carbocycles. The summed E-state index contributed by atoms with van der Waals surface area (Å²) in [5, 5.41) is 9.90. The van der Waals surface area contributed by atoms with E-state index in [4.69, 9.17) is 17.5 Å². The SMILES string of the molecule is Cn1c(=S)cc(C#N)c2ccccc21. The second-order valence-electron chi connectivity index (χ2n) is 3.08. The predicted octanol–water partition coefficient (Wildman–Crippen LogP) is 2.78. The Kier molecular flexibility index (Phi) is 2.06. The van der Waals surface area contributed by atoms with E-state index in [1.807, 2.05) is 35.9 Å². The Morgan fingerprint density at radius 2 is 2.07 bits per heavy atom. The fraction of sp³-hybridized carbons (Fsp3) is 0.0909. The fourth-order valence-corrected chi connectivity index (χ4v) is 1.72. The molecule has 0 N–H and O–H groups in total. The van der Waals surface area contributed by atoms with Gasteiger partial charge in [-0.25, -0.2) is 0 Å². The molecule has 2 nitrogen and oxygen atoms in total. The van der Waals surface area contributed by atoms with E-state index in [0.717, 1.165) is 10.9 Å². The minimum absolute atomic E-state index is 0.642. The molecule has 0 radical (unpaired) electrons. The number of aromatic nitrogens is 1. The molecule has 3 heteroatoms. The lowest BCUT2D eigenvalue weighted by Crippen LogP contribution is -1.96. The molecule has 0 fully saturated rings. The number of para-hydroxylation sites is 1. The van der Waals surface area contributed by atoms with Crippen LogP contribution >= 0.6 is 12.2 Å². The largest absolute Gasteiger partial charge is 0.335 e. The number of aryl methyl sites for hydroxylation is 1. The Hall–Kier alpha value is -1.66. The van der Waals surface area contributed by atoms with E-state index in [1.165, 1.54) is 0 Å². The van der Waals surface area contributed by atoms with Gasteiger partial charge < -0.3 is 4.57 Å². The van der Waals surface area contributed by atoms with Crippen LogP contribution in [0.25, 0.3) is 10.9 Å². The highest BCUT2D eigenvalue weighted by atomic mass is 32.1. The third-order valence-corrected chi connectivity index (χ3v) is 2.67. The average molecular weight is 200 g/mol. The van der Waals surface area contributed by atoms with Crippen molar-refractivity contribution < 1.29 is 0 Å². The van der Waals surface area contributed by atoms with Gasteiger partial charge in [-0.15, -0.1) is 0 Å². The molecule has 0 unspecified atom stereocenters. The molecule has 0 amide bonds. The van der Waals surface area contributed by atoms with Gasteiger partial charge in [0.1, 0.15) is 4.64 Å². The van der Waals surface area contributed by atoms with Gasteiger partial charge in [0.05, 0.1) is 17.1 Å². The second kappa shape index (κ2) is 3.24. The molecule has 0 aliphatic carbocycles. The van der Waals surface area contributed by atoms with E-state index in [2.05, 4.69) is 6.07 Å². The number of hydrogen-bond acceptors (Lipinski definition) is 2. The van der Waals surface area contributed by atoms with Crippen LogP contribution in [-0.2, 0) is 7.05 Å². The molecule has 0 spiro atoms. The molecule has 0 bridgehead atoms. The molecule has 0 saturated heterocycles. The van der Waals surface area contributed by atoms with Gasteiger partial charge in [-0.1, -0.05) is 30.4 Å². The van der Waals surface area contributed by atoms with Crippen molar-refractivity contribution in [2.24, 2.45) is 7.05 Å². The lowest BCUT2D eigenvalue weighted by atomic mass is 10.1.